The molecular weight excluding hydrogens is 452 g/mol. The summed E-state index contributed by atoms with van der Waals surface area (Å²) in [5.74, 6) is -0.325. The van der Waals surface area contributed by atoms with Gasteiger partial charge in [0.25, 0.3) is 5.91 Å². The van der Waals surface area contributed by atoms with Crippen LogP contribution in [-0.4, -0.2) is 59.8 Å². The molecule has 1 fully saturated rings. The number of anilines is 2. The van der Waals surface area contributed by atoms with E-state index in [2.05, 4.69) is 20.5 Å². The summed E-state index contributed by atoms with van der Waals surface area (Å²) in [7, 11) is -3.63. The highest BCUT2D eigenvalue weighted by atomic mass is 32.2. The highest BCUT2D eigenvalue weighted by Crippen LogP contribution is 2.31. The Morgan fingerprint density at radius 2 is 1.76 bits per heavy atom. The van der Waals surface area contributed by atoms with E-state index in [9.17, 15) is 13.2 Å². The average Bonchev–Trinajstić information content (AvgIpc) is 3.28. The van der Waals surface area contributed by atoms with Crippen LogP contribution in [0.2, 0.25) is 0 Å². The lowest BCUT2D eigenvalue weighted by Gasteiger charge is -2.28. The van der Waals surface area contributed by atoms with Gasteiger partial charge < -0.3 is 10.2 Å². The van der Waals surface area contributed by atoms with Gasteiger partial charge in [0.15, 0.2) is 0 Å². The molecule has 0 saturated carbocycles. The first-order chi connectivity index (χ1) is 16.4. The summed E-state index contributed by atoms with van der Waals surface area (Å²) in [6.07, 6.45) is 2.78. The quantitative estimate of drug-likeness (QED) is 0.523. The minimum atomic E-state index is -3.63. The molecule has 1 aliphatic rings. The topological polar surface area (TPSA) is 100 Å². The summed E-state index contributed by atoms with van der Waals surface area (Å²) in [5, 5.41) is 11.2. The predicted molar refractivity (Wildman–Crippen MR) is 134 cm³/mol. The molecule has 0 aliphatic carbocycles. The van der Waals surface area contributed by atoms with Gasteiger partial charge in [-0.05, 0) is 70.0 Å². The lowest BCUT2D eigenvalue weighted by molar-refractivity contribution is 0.102. The van der Waals surface area contributed by atoms with Gasteiger partial charge in [0.05, 0.1) is 21.8 Å². The maximum Gasteiger partial charge on any atom is 0.255 e. The van der Waals surface area contributed by atoms with Gasteiger partial charge in [-0.25, -0.2) is 13.1 Å². The number of benzene rings is 2. The number of nitrogens with one attached hydrogen (secondary N) is 1. The largest absolute Gasteiger partial charge is 0.370 e. The molecule has 9 nitrogen and oxygen atoms in total. The van der Waals surface area contributed by atoms with Gasteiger partial charge in [-0.2, -0.15) is 4.31 Å². The first-order valence-electron chi connectivity index (χ1n) is 11.9. The van der Waals surface area contributed by atoms with E-state index in [0.29, 0.717) is 36.4 Å². The van der Waals surface area contributed by atoms with Crippen molar-refractivity contribution in [2.45, 2.75) is 51.5 Å². The van der Waals surface area contributed by atoms with Crippen molar-refractivity contribution in [3.05, 3.63) is 42.0 Å². The molecule has 2 heterocycles. The molecule has 182 valence electrons. The molecular formula is C24H32N6O3S. The van der Waals surface area contributed by atoms with E-state index in [0.717, 1.165) is 43.6 Å². The Labute approximate surface area is 200 Å². The fourth-order valence-electron chi connectivity index (χ4n) is 4.41. The number of piperidine rings is 1. The molecule has 1 saturated heterocycles. The second kappa shape index (κ2) is 10.1. The summed E-state index contributed by atoms with van der Waals surface area (Å²) >= 11 is 0. The van der Waals surface area contributed by atoms with Crippen LogP contribution in [0.5, 0.6) is 0 Å². The Morgan fingerprint density at radius 3 is 2.44 bits per heavy atom. The van der Waals surface area contributed by atoms with E-state index < -0.39 is 10.0 Å². The first-order valence-corrected chi connectivity index (χ1v) is 13.4. The van der Waals surface area contributed by atoms with Crippen molar-refractivity contribution in [2.24, 2.45) is 0 Å². The van der Waals surface area contributed by atoms with Gasteiger partial charge in [0.2, 0.25) is 10.0 Å². The highest BCUT2D eigenvalue weighted by Gasteiger charge is 2.27. The third-order valence-corrected chi connectivity index (χ3v) is 8.24. The van der Waals surface area contributed by atoms with Gasteiger partial charge >= 0.3 is 0 Å². The molecule has 4 rings (SSSR count). The minimum Gasteiger partial charge on any atom is -0.370 e. The predicted octanol–water partition coefficient (Wildman–Crippen LogP) is 3.72. The second-order valence-corrected chi connectivity index (χ2v) is 10.3. The number of carbonyl (C=O) groups is 1. The van der Waals surface area contributed by atoms with Crippen molar-refractivity contribution in [3.8, 4) is 0 Å². The Balaban J connectivity index is 1.69. The Bertz CT molecular complexity index is 1280. The number of amides is 1. The van der Waals surface area contributed by atoms with Crippen LogP contribution in [0.25, 0.3) is 11.0 Å². The number of aryl methyl sites for hydroxylation is 1. The van der Waals surface area contributed by atoms with Crippen molar-refractivity contribution >= 4 is 38.3 Å². The zero-order valence-corrected chi connectivity index (χ0v) is 20.8. The average molecular weight is 485 g/mol. The third kappa shape index (κ3) is 4.65. The number of rotatable bonds is 8. The van der Waals surface area contributed by atoms with Crippen molar-refractivity contribution in [2.75, 3.05) is 36.4 Å². The number of hydrogen-bond acceptors (Lipinski definition) is 6. The number of aromatic nitrogens is 3. The number of fused-ring (bicyclic) bond motifs is 1. The van der Waals surface area contributed by atoms with E-state index in [4.69, 9.17) is 0 Å². The van der Waals surface area contributed by atoms with Gasteiger partial charge in [-0.15, -0.1) is 5.10 Å². The second-order valence-electron chi connectivity index (χ2n) is 8.38. The molecule has 0 bridgehead atoms. The molecule has 0 atom stereocenters. The van der Waals surface area contributed by atoms with Crippen LogP contribution < -0.4 is 10.2 Å². The SMILES string of the molecule is CCN(CC)c1ccc(S(=O)(=O)N2CCCCC2)cc1NC(=O)c1ccc2c(c1)nnn2CC. The number of nitrogens with zero attached hydrogens (tertiary/aromatic N) is 5. The minimum absolute atomic E-state index is 0.196. The Kier molecular flexibility index (Phi) is 7.18. The van der Waals surface area contributed by atoms with Crippen molar-refractivity contribution in [1.82, 2.24) is 19.3 Å². The normalized spacial score (nSPS) is 14.9. The molecule has 0 spiro atoms. The van der Waals surface area contributed by atoms with Crippen molar-refractivity contribution < 1.29 is 13.2 Å². The van der Waals surface area contributed by atoms with Crippen LogP contribution in [0.1, 0.15) is 50.4 Å². The Hall–Kier alpha value is -2.98. The molecule has 0 unspecified atom stereocenters. The maximum atomic E-state index is 13.3. The summed E-state index contributed by atoms with van der Waals surface area (Å²) in [6, 6.07) is 10.3. The van der Waals surface area contributed by atoms with E-state index in [1.807, 2.05) is 26.8 Å². The maximum absolute atomic E-state index is 13.3. The van der Waals surface area contributed by atoms with E-state index in [1.54, 1.807) is 39.3 Å². The monoisotopic (exact) mass is 484 g/mol. The van der Waals surface area contributed by atoms with Crippen LogP contribution in [0.3, 0.4) is 0 Å². The fourth-order valence-corrected chi connectivity index (χ4v) is 5.96. The molecule has 1 aromatic heterocycles. The molecule has 1 N–H and O–H groups in total. The Morgan fingerprint density at radius 1 is 1.03 bits per heavy atom. The number of hydrogen-bond donors (Lipinski definition) is 1. The van der Waals surface area contributed by atoms with Crippen LogP contribution in [-0.2, 0) is 16.6 Å². The summed E-state index contributed by atoms with van der Waals surface area (Å²) in [4.78, 5) is 15.5. The molecule has 0 radical (unpaired) electrons. The van der Waals surface area contributed by atoms with E-state index >= 15 is 0 Å². The zero-order valence-electron chi connectivity index (χ0n) is 20.0. The van der Waals surface area contributed by atoms with Crippen LogP contribution in [0, 0.1) is 0 Å². The summed E-state index contributed by atoms with van der Waals surface area (Å²) < 4.78 is 29.9. The molecule has 1 aliphatic heterocycles. The smallest absolute Gasteiger partial charge is 0.255 e. The van der Waals surface area contributed by atoms with Gasteiger partial charge in [0.1, 0.15) is 5.52 Å². The van der Waals surface area contributed by atoms with E-state index in [-0.39, 0.29) is 10.8 Å². The van der Waals surface area contributed by atoms with Gasteiger partial charge in [0, 0.05) is 38.3 Å². The third-order valence-electron chi connectivity index (χ3n) is 6.35. The lowest BCUT2D eigenvalue weighted by Crippen LogP contribution is -2.35. The highest BCUT2D eigenvalue weighted by molar-refractivity contribution is 7.89. The molecule has 34 heavy (non-hydrogen) atoms. The zero-order chi connectivity index (χ0) is 24.3. The van der Waals surface area contributed by atoms with Crippen LogP contribution in [0.4, 0.5) is 11.4 Å². The van der Waals surface area contributed by atoms with Gasteiger partial charge in [-0.1, -0.05) is 11.6 Å². The molecule has 1 amide bonds. The standard InChI is InChI=1S/C24H32N6O3S/c1-4-28(5-2)22-13-11-19(34(32,33)29-14-8-7-9-15-29)17-20(22)25-24(31)18-10-12-23-21(16-18)26-27-30(23)6-3/h10-13,16-17H,4-9,14-15H2,1-3H3,(H,25,31). The number of carbonyl (C=O) groups excluding carboxylic acids is 1. The molecule has 10 heteroatoms. The van der Waals surface area contributed by atoms with E-state index in [1.165, 1.54) is 0 Å². The number of sulfonamides is 1. The van der Waals surface area contributed by atoms with Crippen molar-refractivity contribution in [3.63, 3.8) is 0 Å². The van der Waals surface area contributed by atoms with Gasteiger partial charge in [-0.3, -0.25) is 4.79 Å². The van der Waals surface area contributed by atoms with Crippen LogP contribution >= 0.6 is 0 Å². The van der Waals surface area contributed by atoms with Crippen molar-refractivity contribution in [1.29, 1.82) is 0 Å². The molecule has 2 aromatic carbocycles. The fraction of sp³-hybridized carbons (Fsp3) is 0.458. The molecule has 3 aromatic rings. The lowest BCUT2D eigenvalue weighted by atomic mass is 10.1. The van der Waals surface area contributed by atoms with Crippen LogP contribution in [0.15, 0.2) is 41.3 Å². The summed E-state index contributed by atoms with van der Waals surface area (Å²) in [6.45, 7) is 9.23. The first kappa shape index (κ1) is 24.2. The summed E-state index contributed by atoms with van der Waals surface area (Å²) in [5.41, 5.74) is 3.20.